The molecule has 2 atom stereocenters. The molecule has 2 nitrogen and oxygen atoms in total. The van der Waals surface area contributed by atoms with Crippen LogP contribution in [0.5, 0.6) is 5.75 Å². The molecule has 2 aromatic carbocycles. The number of ether oxygens (including phenoxy) is 1. The molecular weight excluding hydrogens is 329 g/mol. The summed E-state index contributed by atoms with van der Waals surface area (Å²) in [5.74, 6) is 1.04. The number of halogens is 2. The summed E-state index contributed by atoms with van der Waals surface area (Å²) in [5.41, 5.74) is 3.84. The second-order valence-corrected chi connectivity index (χ2v) is 7.19. The lowest BCUT2D eigenvalue weighted by Crippen LogP contribution is -2.35. The molecule has 0 unspecified atom stereocenters. The molecule has 0 aliphatic heterocycles. The van der Waals surface area contributed by atoms with E-state index >= 15 is 0 Å². The van der Waals surface area contributed by atoms with Gasteiger partial charge in [-0.25, -0.2) is 0 Å². The van der Waals surface area contributed by atoms with Crippen molar-refractivity contribution in [3.63, 3.8) is 0 Å². The SMILES string of the molecule is COc1cc2c(cc1Cl)C[C@@H](N(C)C)C[C@H]2c1cccc(Cl)c1. The van der Waals surface area contributed by atoms with Crippen LogP contribution in [0.1, 0.15) is 29.0 Å². The zero-order chi connectivity index (χ0) is 16.6. The van der Waals surface area contributed by atoms with Gasteiger partial charge in [0.2, 0.25) is 0 Å². The largest absolute Gasteiger partial charge is 0.495 e. The van der Waals surface area contributed by atoms with Crippen molar-refractivity contribution in [2.24, 2.45) is 0 Å². The Morgan fingerprint density at radius 2 is 1.91 bits per heavy atom. The van der Waals surface area contributed by atoms with Gasteiger partial charge in [0, 0.05) is 17.0 Å². The van der Waals surface area contributed by atoms with Gasteiger partial charge in [-0.05, 0) is 67.9 Å². The van der Waals surface area contributed by atoms with Crippen molar-refractivity contribution >= 4 is 23.2 Å². The molecule has 1 aliphatic carbocycles. The highest BCUT2D eigenvalue weighted by Crippen LogP contribution is 2.42. The standard InChI is InChI=1S/C19H21Cl2NO/c1-22(2)15-8-13-9-18(21)19(23-3)11-17(13)16(10-15)12-5-4-6-14(20)7-12/h4-7,9,11,15-16H,8,10H2,1-3H3/t15-,16+/m1/s1. The summed E-state index contributed by atoms with van der Waals surface area (Å²) in [6.45, 7) is 0. The van der Waals surface area contributed by atoms with Gasteiger partial charge in [0.25, 0.3) is 0 Å². The Balaban J connectivity index is 2.12. The Kier molecular flexibility index (Phi) is 4.86. The summed E-state index contributed by atoms with van der Waals surface area (Å²) in [6.07, 6.45) is 2.06. The van der Waals surface area contributed by atoms with Crippen LogP contribution in [0.3, 0.4) is 0 Å². The quantitative estimate of drug-likeness (QED) is 0.772. The molecule has 0 amide bonds. The molecule has 122 valence electrons. The van der Waals surface area contributed by atoms with Crippen molar-refractivity contribution in [2.75, 3.05) is 21.2 Å². The van der Waals surface area contributed by atoms with Gasteiger partial charge in [-0.15, -0.1) is 0 Å². The minimum absolute atomic E-state index is 0.302. The van der Waals surface area contributed by atoms with Gasteiger partial charge in [-0.3, -0.25) is 0 Å². The maximum Gasteiger partial charge on any atom is 0.137 e. The molecule has 0 saturated heterocycles. The molecule has 1 aliphatic rings. The van der Waals surface area contributed by atoms with E-state index in [9.17, 15) is 0 Å². The lowest BCUT2D eigenvalue weighted by atomic mass is 9.76. The lowest BCUT2D eigenvalue weighted by molar-refractivity contribution is 0.258. The first-order valence-electron chi connectivity index (χ1n) is 7.77. The maximum absolute atomic E-state index is 6.35. The first-order chi connectivity index (χ1) is 11.0. The van der Waals surface area contributed by atoms with Crippen molar-refractivity contribution in [1.29, 1.82) is 0 Å². The van der Waals surface area contributed by atoms with Gasteiger partial charge >= 0.3 is 0 Å². The highest BCUT2D eigenvalue weighted by molar-refractivity contribution is 6.32. The van der Waals surface area contributed by atoms with E-state index in [-0.39, 0.29) is 0 Å². The highest BCUT2D eigenvalue weighted by Gasteiger charge is 2.30. The van der Waals surface area contributed by atoms with Crippen molar-refractivity contribution in [3.05, 3.63) is 63.1 Å². The van der Waals surface area contributed by atoms with Crippen molar-refractivity contribution < 1.29 is 4.74 Å². The molecule has 23 heavy (non-hydrogen) atoms. The summed E-state index contributed by atoms with van der Waals surface area (Å²) in [4.78, 5) is 2.29. The third kappa shape index (κ3) is 3.35. The normalized spacial score (nSPS) is 20.4. The molecule has 0 saturated carbocycles. The summed E-state index contributed by atoms with van der Waals surface area (Å²) in [7, 11) is 5.93. The summed E-state index contributed by atoms with van der Waals surface area (Å²) >= 11 is 12.6. The summed E-state index contributed by atoms with van der Waals surface area (Å²) < 4.78 is 5.42. The molecule has 0 N–H and O–H groups in total. The third-order valence-corrected chi connectivity index (χ3v) is 5.26. The van der Waals surface area contributed by atoms with Crippen LogP contribution in [-0.2, 0) is 6.42 Å². The first kappa shape index (κ1) is 16.6. The molecule has 3 rings (SSSR count). The van der Waals surface area contributed by atoms with E-state index in [0.29, 0.717) is 17.0 Å². The number of methoxy groups -OCH3 is 1. The predicted octanol–water partition coefficient (Wildman–Crippen LogP) is 5.01. The smallest absolute Gasteiger partial charge is 0.137 e. The van der Waals surface area contributed by atoms with E-state index in [0.717, 1.165) is 23.6 Å². The number of rotatable bonds is 3. The minimum atomic E-state index is 0.302. The zero-order valence-electron chi connectivity index (χ0n) is 13.6. The second-order valence-electron chi connectivity index (χ2n) is 6.35. The number of hydrogen-bond acceptors (Lipinski definition) is 2. The Bertz CT molecular complexity index is 715. The topological polar surface area (TPSA) is 12.5 Å². The monoisotopic (exact) mass is 349 g/mol. The van der Waals surface area contributed by atoms with Crippen LogP contribution in [0.25, 0.3) is 0 Å². The van der Waals surface area contributed by atoms with Crippen LogP contribution in [0.15, 0.2) is 36.4 Å². The zero-order valence-corrected chi connectivity index (χ0v) is 15.2. The summed E-state index contributed by atoms with van der Waals surface area (Å²) in [5, 5.41) is 1.45. The minimum Gasteiger partial charge on any atom is -0.495 e. The van der Waals surface area contributed by atoms with E-state index in [4.69, 9.17) is 27.9 Å². The average molecular weight is 350 g/mol. The number of benzene rings is 2. The Morgan fingerprint density at radius 3 is 2.57 bits per heavy atom. The fraction of sp³-hybridized carbons (Fsp3) is 0.368. The number of nitrogens with zero attached hydrogens (tertiary/aromatic N) is 1. The summed E-state index contributed by atoms with van der Waals surface area (Å²) in [6, 6.07) is 12.8. The van der Waals surface area contributed by atoms with Crippen molar-refractivity contribution in [2.45, 2.75) is 24.8 Å². The number of fused-ring (bicyclic) bond motifs is 1. The molecule has 0 bridgehead atoms. The fourth-order valence-electron chi connectivity index (χ4n) is 3.44. The Labute approximate surface area is 148 Å². The predicted molar refractivity (Wildman–Crippen MR) is 97.1 cm³/mol. The number of likely N-dealkylation sites (N-methyl/N-ethyl adjacent to an activating group) is 1. The van der Waals surface area contributed by atoms with Crippen molar-refractivity contribution in [1.82, 2.24) is 4.90 Å². The lowest BCUT2D eigenvalue weighted by Gasteiger charge is -2.36. The first-order valence-corrected chi connectivity index (χ1v) is 8.53. The van der Waals surface area contributed by atoms with Crippen LogP contribution in [0, 0.1) is 0 Å². The van der Waals surface area contributed by atoms with Crippen LogP contribution in [0.4, 0.5) is 0 Å². The molecule has 0 fully saturated rings. The van der Waals surface area contributed by atoms with Gasteiger partial charge in [-0.1, -0.05) is 35.3 Å². The van der Waals surface area contributed by atoms with Gasteiger partial charge in [0.1, 0.15) is 5.75 Å². The number of hydrogen-bond donors (Lipinski definition) is 0. The molecule has 4 heteroatoms. The van der Waals surface area contributed by atoms with Gasteiger partial charge < -0.3 is 9.64 Å². The van der Waals surface area contributed by atoms with Crippen LogP contribution in [0.2, 0.25) is 10.0 Å². The molecule has 0 aromatic heterocycles. The van der Waals surface area contributed by atoms with E-state index in [2.05, 4.69) is 43.3 Å². The molecule has 0 spiro atoms. The van der Waals surface area contributed by atoms with E-state index in [1.165, 1.54) is 16.7 Å². The molecule has 2 aromatic rings. The molecule has 0 radical (unpaired) electrons. The van der Waals surface area contributed by atoms with Crippen LogP contribution < -0.4 is 4.74 Å². The average Bonchev–Trinajstić information content (AvgIpc) is 2.52. The second kappa shape index (κ2) is 6.72. The van der Waals surface area contributed by atoms with Crippen LogP contribution >= 0.6 is 23.2 Å². The third-order valence-electron chi connectivity index (χ3n) is 4.73. The van der Waals surface area contributed by atoms with Crippen molar-refractivity contribution in [3.8, 4) is 5.75 Å². The van der Waals surface area contributed by atoms with Gasteiger partial charge in [0.15, 0.2) is 0 Å². The fourth-order valence-corrected chi connectivity index (χ4v) is 3.90. The van der Waals surface area contributed by atoms with E-state index < -0.39 is 0 Å². The van der Waals surface area contributed by atoms with E-state index in [1.54, 1.807) is 7.11 Å². The maximum atomic E-state index is 6.35. The van der Waals surface area contributed by atoms with Crippen LogP contribution in [-0.4, -0.2) is 32.1 Å². The Hall–Kier alpha value is -1.22. The highest BCUT2D eigenvalue weighted by atomic mass is 35.5. The Morgan fingerprint density at radius 1 is 1.13 bits per heavy atom. The van der Waals surface area contributed by atoms with Gasteiger partial charge in [-0.2, -0.15) is 0 Å². The molecule has 0 heterocycles. The molecular formula is C19H21Cl2NO. The van der Waals surface area contributed by atoms with Gasteiger partial charge in [0.05, 0.1) is 12.1 Å². The van der Waals surface area contributed by atoms with E-state index in [1.807, 2.05) is 12.1 Å².